The van der Waals surface area contributed by atoms with E-state index in [1.165, 1.54) is 0 Å². The molecule has 0 spiro atoms. The van der Waals surface area contributed by atoms with E-state index in [9.17, 15) is 13.2 Å². The smallest absolute Gasteiger partial charge is 0.372 e. The molecule has 1 N–H and O–H groups in total. The van der Waals surface area contributed by atoms with Crippen LogP contribution >= 0.6 is 0 Å². The van der Waals surface area contributed by atoms with Crippen LogP contribution in [-0.4, -0.2) is 32.0 Å². The van der Waals surface area contributed by atoms with Crippen LogP contribution in [0.4, 0.5) is 13.2 Å². The fraction of sp³-hybridized carbons (Fsp3) is 1.00. The van der Waals surface area contributed by atoms with Gasteiger partial charge in [0.15, 0.2) is 0 Å². The Kier molecular flexibility index (Phi) is 7.09. The lowest BCUT2D eigenvalue weighted by Crippen LogP contribution is -2.41. The second-order valence-corrected chi connectivity index (χ2v) is 5.33. The molecule has 0 saturated carbocycles. The molecule has 0 aliphatic carbocycles. The number of halogens is 3. The molecule has 0 aliphatic rings. The minimum absolute atomic E-state index is 0.0246. The maximum absolute atomic E-state index is 11.9. The second kappa shape index (κ2) is 7.21. The van der Waals surface area contributed by atoms with Crippen LogP contribution in [0.5, 0.6) is 0 Å². The molecule has 1 unspecified atom stereocenters. The first-order valence-corrected chi connectivity index (χ1v) is 6.04. The van der Waals surface area contributed by atoms with E-state index in [-0.39, 0.29) is 18.1 Å². The highest BCUT2D eigenvalue weighted by atomic mass is 19.4. The lowest BCUT2D eigenvalue weighted by Gasteiger charge is -2.31. The van der Waals surface area contributed by atoms with Crippen LogP contribution in [0.25, 0.3) is 0 Å². The van der Waals surface area contributed by atoms with Crippen LogP contribution in [0.3, 0.4) is 0 Å². The molecular weight excluding hydrogens is 231 g/mol. The molecular formula is C12H24F3NO. The second-order valence-electron chi connectivity index (χ2n) is 5.33. The Morgan fingerprint density at radius 2 is 1.76 bits per heavy atom. The Labute approximate surface area is 102 Å². The van der Waals surface area contributed by atoms with E-state index < -0.39 is 12.8 Å². The van der Waals surface area contributed by atoms with Crippen LogP contribution in [-0.2, 0) is 4.74 Å². The van der Waals surface area contributed by atoms with Crippen molar-refractivity contribution >= 4 is 0 Å². The van der Waals surface area contributed by atoms with Gasteiger partial charge in [0, 0.05) is 12.6 Å². The molecule has 0 bridgehead atoms. The number of hydrogen-bond donors (Lipinski definition) is 1. The van der Waals surface area contributed by atoms with Gasteiger partial charge in [0.05, 0.1) is 0 Å². The molecule has 0 fully saturated rings. The fourth-order valence-corrected chi connectivity index (χ4v) is 1.55. The van der Waals surface area contributed by atoms with Crippen molar-refractivity contribution < 1.29 is 17.9 Å². The zero-order chi connectivity index (χ0) is 13.5. The summed E-state index contributed by atoms with van der Waals surface area (Å²) < 4.78 is 40.3. The molecule has 5 heteroatoms. The lowest BCUT2D eigenvalue weighted by atomic mass is 9.85. The van der Waals surface area contributed by atoms with Gasteiger partial charge in [-0.2, -0.15) is 13.2 Å². The average molecular weight is 255 g/mol. The van der Waals surface area contributed by atoms with Crippen molar-refractivity contribution in [1.29, 1.82) is 0 Å². The monoisotopic (exact) mass is 255 g/mol. The van der Waals surface area contributed by atoms with Crippen LogP contribution in [0.2, 0.25) is 0 Å². The molecule has 0 heterocycles. The van der Waals surface area contributed by atoms with Crippen LogP contribution in [0.1, 0.15) is 40.5 Å². The van der Waals surface area contributed by atoms with Crippen molar-refractivity contribution in [2.75, 3.05) is 19.8 Å². The highest BCUT2D eigenvalue weighted by Gasteiger charge is 2.28. The summed E-state index contributed by atoms with van der Waals surface area (Å²) in [5.41, 5.74) is 0.0246. The van der Waals surface area contributed by atoms with Crippen molar-refractivity contribution in [2.45, 2.75) is 52.8 Å². The van der Waals surface area contributed by atoms with Gasteiger partial charge in [-0.25, -0.2) is 0 Å². The van der Waals surface area contributed by atoms with Gasteiger partial charge in [0.1, 0.15) is 6.61 Å². The van der Waals surface area contributed by atoms with E-state index in [1.54, 1.807) is 0 Å². The van der Waals surface area contributed by atoms with Gasteiger partial charge in [-0.05, 0) is 24.8 Å². The Bertz CT molecular complexity index is 199. The maximum Gasteiger partial charge on any atom is 0.411 e. The third-order valence-electron chi connectivity index (χ3n) is 2.50. The van der Waals surface area contributed by atoms with Gasteiger partial charge in [0.25, 0.3) is 0 Å². The van der Waals surface area contributed by atoms with Crippen molar-refractivity contribution in [3.63, 3.8) is 0 Å². The largest absolute Gasteiger partial charge is 0.411 e. The van der Waals surface area contributed by atoms with Gasteiger partial charge in [-0.15, -0.1) is 0 Å². The number of ether oxygens (including phenoxy) is 1. The first-order chi connectivity index (χ1) is 7.67. The summed E-state index contributed by atoms with van der Waals surface area (Å²) in [5, 5.41) is 3.35. The van der Waals surface area contributed by atoms with Crippen LogP contribution in [0, 0.1) is 5.41 Å². The minimum Gasteiger partial charge on any atom is -0.372 e. The van der Waals surface area contributed by atoms with E-state index in [4.69, 9.17) is 0 Å². The first kappa shape index (κ1) is 16.7. The number of rotatable bonds is 7. The molecule has 0 aromatic heterocycles. The topological polar surface area (TPSA) is 21.3 Å². The Morgan fingerprint density at radius 3 is 2.18 bits per heavy atom. The SMILES string of the molecule is CCCNC(CCOCC(F)(F)F)C(C)(C)C. The Morgan fingerprint density at radius 1 is 1.18 bits per heavy atom. The number of nitrogens with one attached hydrogen (secondary N) is 1. The molecule has 0 aromatic rings. The standard InChI is InChI=1S/C12H24F3NO/c1-5-7-16-10(11(2,3)4)6-8-17-9-12(13,14)15/h10,16H,5-9H2,1-4H3. The van der Waals surface area contributed by atoms with Crippen molar-refractivity contribution in [3.8, 4) is 0 Å². The molecule has 0 aromatic carbocycles. The summed E-state index contributed by atoms with van der Waals surface area (Å²) in [4.78, 5) is 0. The summed E-state index contributed by atoms with van der Waals surface area (Å²) in [6, 6.07) is 0.177. The number of alkyl halides is 3. The van der Waals surface area contributed by atoms with E-state index in [2.05, 4.69) is 37.7 Å². The first-order valence-electron chi connectivity index (χ1n) is 6.04. The van der Waals surface area contributed by atoms with E-state index in [1.807, 2.05) is 0 Å². The molecule has 0 saturated heterocycles. The minimum atomic E-state index is -4.23. The predicted molar refractivity (Wildman–Crippen MR) is 63.0 cm³/mol. The zero-order valence-electron chi connectivity index (χ0n) is 11.2. The molecule has 0 rings (SSSR count). The Balaban J connectivity index is 3.93. The molecule has 2 nitrogen and oxygen atoms in total. The fourth-order valence-electron chi connectivity index (χ4n) is 1.55. The van der Waals surface area contributed by atoms with Crippen LogP contribution < -0.4 is 5.32 Å². The third-order valence-corrected chi connectivity index (χ3v) is 2.50. The summed E-state index contributed by atoms with van der Waals surface area (Å²) in [6.07, 6.45) is -2.62. The van der Waals surface area contributed by atoms with Gasteiger partial charge >= 0.3 is 6.18 Å². The van der Waals surface area contributed by atoms with Crippen molar-refractivity contribution in [3.05, 3.63) is 0 Å². The number of hydrogen-bond acceptors (Lipinski definition) is 2. The van der Waals surface area contributed by atoms with Gasteiger partial charge in [0.2, 0.25) is 0 Å². The van der Waals surface area contributed by atoms with Crippen molar-refractivity contribution in [1.82, 2.24) is 5.32 Å². The van der Waals surface area contributed by atoms with E-state index in [0.717, 1.165) is 13.0 Å². The summed E-state index contributed by atoms with van der Waals surface area (Å²) in [7, 11) is 0. The summed E-state index contributed by atoms with van der Waals surface area (Å²) in [5.74, 6) is 0. The molecule has 17 heavy (non-hydrogen) atoms. The highest BCUT2D eigenvalue weighted by Crippen LogP contribution is 2.22. The third kappa shape index (κ3) is 9.41. The average Bonchev–Trinajstić information content (AvgIpc) is 2.13. The lowest BCUT2D eigenvalue weighted by molar-refractivity contribution is -0.174. The predicted octanol–water partition coefficient (Wildman–Crippen LogP) is 3.37. The van der Waals surface area contributed by atoms with Gasteiger partial charge in [-0.3, -0.25) is 0 Å². The normalized spacial score (nSPS) is 15.0. The van der Waals surface area contributed by atoms with E-state index >= 15 is 0 Å². The van der Waals surface area contributed by atoms with Gasteiger partial charge < -0.3 is 10.1 Å². The van der Waals surface area contributed by atoms with Crippen LogP contribution in [0.15, 0.2) is 0 Å². The summed E-state index contributed by atoms with van der Waals surface area (Å²) in [6.45, 7) is 8.14. The van der Waals surface area contributed by atoms with Crippen molar-refractivity contribution in [2.24, 2.45) is 5.41 Å². The molecule has 0 radical (unpaired) electrons. The maximum atomic E-state index is 11.9. The quantitative estimate of drug-likeness (QED) is 0.704. The van der Waals surface area contributed by atoms with E-state index in [0.29, 0.717) is 6.42 Å². The van der Waals surface area contributed by atoms with Gasteiger partial charge in [-0.1, -0.05) is 27.7 Å². The molecule has 0 aliphatic heterocycles. The zero-order valence-corrected chi connectivity index (χ0v) is 11.2. The Hall–Kier alpha value is -0.290. The summed E-state index contributed by atoms with van der Waals surface area (Å²) >= 11 is 0. The molecule has 104 valence electrons. The molecule has 1 atom stereocenters. The molecule has 0 amide bonds. The highest BCUT2D eigenvalue weighted by molar-refractivity contribution is 4.80.